The van der Waals surface area contributed by atoms with Crippen molar-refractivity contribution in [1.29, 1.82) is 0 Å². The van der Waals surface area contributed by atoms with E-state index in [2.05, 4.69) is 5.32 Å². The lowest BCUT2D eigenvalue weighted by atomic mass is 10.1. The predicted octanol–water partition coefficient (Wildman–Crippen LogP) is 4.21. The van der Waals surface area contributed by atoms with Gasteiger partial charge in [0, 0.05) is 39.7 Å². The van der Waals surface area contributed by atoms with Crippen LogP contribution in [0.25, 0.3) is 21.5 Å². The maximum Gasteiger partial charge on any atom is 0.297 e. The van der Waals surface area contributed by atoms with Gasteiger partial charge in [0.05, 0.1) is 32.7 Å². The summed E-state index contributed by atoms with van der Waals surface area (Å²) in [5.74, 6) is -1.33. The number of phenolic OH excluding ortho intramolecular Hbond substituents is 1. The van der Waals surface area contributed by atoms with E-state index in [1.54, 1.807) is 30.3 Å². The number of halogens is 1. The van der Waals surface area contributed by atoms with Crippen molar-refractivity contribution in [2.24, 2.45) is 0 Å². The van der Waals surface area contributed by atoms with Crippen molar-refractivity contribution in [2.45, 2.75) is 25.3 Å². The Morgan fingerprint density at radius 2 is 1.18 bits per heavy atom. The fraction of sp³-hybridized carbons (Fsp3) is 0.0833. The molecule has 20 nitrogen and oxygen atoms in total. The number of rotatable bonds is 10. The summed E-state index contributed by atoms with van der Waals surface area (Å²) in [5.41, 5.74) is 17.4. The first kappa shape index (κ1) is 49.0. The van der Waals surface area contributed by atoms with Crippen LogP contribution < -0.4 is 22.5 Å². The third-order valence-corrected chi connectivity index (χ3v) is 13.9. The second-order valence-electron chi connectivity index (χ2n) is 12.8. The number of hydrogen-bond donors (Lipinski definition) is 9. The number of carbonyl (C=O) groups is 1. The van der Waals surface area contributed by atoms with E-state index < -0.39 is 76.7 Å². The average Bonchev–Trinajstić information content (AvgIpc) is 3.13. The number of sulfone groups is 1. The van der Waals surface area contributed by atoms with Gasteiger partial charge in [0.25, 0.3) is 46.4 Å². The monoisotopic (exact) mass is 974 g/mol. The van der Waals surface area contributed by atoms with Crippen LogP contribution in [-0.4, -0.2) is 82.9 Å². The highest BCUT2D eigenvalue weighted by molar-refractivity contribution is 7.90. The smallest absolute Gasteiger partial charge is 0.297 e. The number of benzene rings is 6. The molecule has 0 fully saturated rings. The van der Waals surface area contributed by atoms with E-state index in [9.17, 15) is 52.0 Å². The minimum atomic E-state index is -4.59. The van der Waals surface area contributed by atoms with Gasteiger partial charge in [-0.05, 0) is 70.9 Å². The minimum Gasteiger partial charge on any atom is -0.507 e. The molecule has 0 saturated heterocycles. The van der Waals surface area contributed by atoms with E-state index in [0.29, 0.717) is 10.9 Å². The second-order valence-corrected chi connectivity index (χ2v) is 21.0. The van der Waals surface area contributed by atoms with Crippen molar-refractivity contribution in [3.8, 4) is 5.75 Å². The number of nitrogens with one attached hydrogen (secondary N) is 1. The zero-order valence-corrected chi connectivity index (χ0v) is 36.2. The minimum absolute atomic E-state index is 0.00444. The SMILES string of the molecule is Nc1cc(NC(=O)c2ccc(CS(=O)(=O)CCCl)cc2)ccc1S(=O)(=O)O.Nc1cc(S(=O)(=O)O)cc2cc(S(=O)(=O)O)cc(O)c12.Nc1ccc2ccccc2c1S(=O)(=O)O. The van der Waals surface area contributed by atoms with Crippen LogP contribution >= 0.6 is 11.6 Å². The highest BCUT2D eigenvalue weighted by atomic mass is 35.5. The van der Waals surface area contributed by atoms with Gasteiger partial charge < -0.3 is 27.6 Å². The molecule has 26 heteroatoms. The van der Waals surface area contributed by atoms with Gasteiger partial charge in [-0.25, -0.2) is 8.42 Å². The summed E-state index contributed by atoms with van der Waals surface area (Å²) < 4.78 is 148. The third kappa shape index (κ3) is 12.7. The summed E-state index contributed by atoms with van der Waals surface area (Å²) in [6, 6.07) is 23.1. The fourth-order valence-electron chi connectivity index (χ4n) is 5.58. The van der Waals surface area contributed by atoms with Gasteiger partial charge in [-0.3, -0.25) is 23.0 Å². The molecular weight excluding hydrogens is 940 g/mol. The van der Waals surface area contributed by atoms with Crippen molar-refractivity contribution in [3.63, 3.8) is 0 Å². The van der Waals surface area contributed by atoms with E-state index in [-0.39, 0.29) is 61.4 Å². The topological polar surface area (TPSA) is 379 Å². The number of amides is 1. The van der Waals surface area contributed by atoms with Crippen molar-refractivity contribution in [3.05, 3.63) is 114 Å². The molecule has 0 saturated carbocycles. The Hall–Kier alpha value is -5.61. The highest BCUT2D eigenvalue weighted by Gasteiger charge is 2.20. The van der Waals surface area contributed by atoms with Gasteiger partial charge in [0.1, 0.15) is 15.5 Å². The molecule has 12 N–H and O–H groups in total. The van der Waals surface area contributed by atoms with Crippen LogP contribution in [0.1, 0.15) is 15.9 Å². The summed E-state index contributed by atoms with van der Waals surface area (Å²) in [6.45, 7) is 0. The fourth-order valence-corrected chi connectivity index (χ4v) is 9.88. The molecule has 0 spiro atoms. The lowest BCUT2D eigenvalue weighted by Crippen LogP contribution is -2.13. The van der Waals surface area contributed by atoms with Gasteiger partial charge in [-0.1, -0.05) is 42.5 Å². The van der Waals surface area contributed by atoms with Crippen LogP contribution in [-0.2, 0) is 56.1 Å². The first-order chi connectivity index (χ1) is 28.5. The molecule has 0 unspecified atom stereocenters. The molecule has 0 heterocycles. The quantitative estimate of drug-likeness (QED) is 0.0527. The number of carbonyl (C=O) groups excluding carboxylic acids is 1. The van der Waals surface area contributed by atoms with E-state index in [0.717, 1.165) is 35.7 Å². The van der Waals surface area contributed by atoms with E-state index in [1.807, 2.05) is 0 Å². The molecule has 0 aliphatic carbocycles. The molecule has 0 atom stereocenters. The zero-order chi connectivity index (χ0) is 46.6. The molecule has 0 radical (unpaired) electrons. The Balaban J connectivity index is 0.000000213. The van der Waals surface area contributed by atoms with Crippen molar-refractivity contribution < 1.29 is 70.2 Å². The Bertz CT molecular complexity index is 3210. The number of nitrogens with two attached hydrogens (primary N) is 3. The second kappa shape index (κ2) is 18.8. The number of nitrogen functional groups attached to an aromatic ring is 3. The van der Waals surface area contributed by atoms with Gasteiger partial charge in [-0.2, -0.15) is 33.7 Å². The van der Waals surface area contributed by atoms with Crippen LogP contribution in [0.5, 0.6) is 5.75 Å². The van der Waals surface area contributed by atoms with Crippen LogP contribution in [0, 0.1) is 0 Å². The summed E-state index contributed by atoms with van der Waals surface area (Å²) >= 11 is 5.45. The van der Waals surface area contributed by atoms with Gasteiger partial charge in [0.15, 0.2) is 9.84 Å². The number of phenols is 1. The standard InChI is InChI=1S/C16H17ClN2O6S2.C10H9NO7S2.C10H9NO3S/c17-7-8-26(21,22)10-11-1-3-12(4-2-11)16(20)19-13-5-6-15(14(18)9-13)27(23,24)25;11-8-3-6(19(13,14)15)1-5-2-7(20(16,17)18)4-9(12)10(5)8;11-9-6-5-7-3-1-2-4-8(7)10(9)15(12,13)14/h1-6,9H,7-8,10,18H2,(H,19,20)(H,23,24,25);1-4,12H,11H2,(H,13,14,15)(H,16,17,18);1-6H,11H2,(H,12,13,14). The average molecular weight is 975 g/mol. The van der Waals surface area contributed by atoms with Crippen molar-refractivity contribution in [2.75, 3.05) is 34.2 Å². The van der Waals surface area contributed by atoms with Crippen LogP contribution in [0.15, 0.2) is 123 Å². The van der Waals surface area contributed by atoms with Gasteiger partial charge in [0.2, 0.25) is 0 Å². The maximum atomic E-state index is 12.3. The first-order valence-electron chi connectivity index (χ1n) is 16.8. The molecule has 6 rings (SSSR count). The summed E-state index contributed by atoms with van der Waals surface area (Å²) in [6.07, 6.45) is 0. The molecular formula is C36H35ClN4O16S5. The molecule has 0 bridgehead atoms. The normalized spacial score (nSPS) is 12.1. The zero-order valence-electron chi connectivity index (χ0n) is 31.3. The van der Waals surface area contributed by atoms with Crippen LogP contribution in [0.3, 0.4) is 0 Å². The third-order valence-electron chi connectivity index (χ3n) is 8.31. The molecule has 0 aromatic heterocycles. The Labute approximate surface area is 359 Å². The molecule has 0 aliphatic rings. The first-order valence-corrected chi connectivity index (χ1v) is 24.9. The molecule has 62 heavy (non-hydrogen) atoms. The lowest BCUT2D eigenvalue weighted by Gasteiger charge is -2.09. The Morgan fingerprint density at radius 3 is 1.71 bits per heavy atom. The van der Waals surface area contributed by atoms with E-state index in [1.165, 1.54) is 42.5 Å². The summed E-state index contributed by atoms with van der Waals surface area (Å²) in [7, 11) is -21.2. The van der Waals surface area contributed by atoms with Crippen molar-refractivity contribution in [1.82, 2.24) is 0 Å². The predicted molar refractivity (Wildman–Crippen MR) is 231 cm³/mol. The van der Waals surface area contributed by atoms with Gasteiger partial charge in [-0.15, -0.1) is 11.6 Å². The van der Waals surface area contributed by atoms with E-state index >= 15 is 0 Å². The van der Waals surface area contributed by atoms with Crippen LogP contribution in [0.2, 0.25) is 0 Å². The molecule has 1 amide bonds. The van der Waals surface area contributed by atoms with E-state index in [4.69, 9.17) is 47.0 Å². The molecule has 332 valence electrons. The molecule has 6 aromatic carbocycles. The molecule has 6 aromatic rings. The Morgan fingerprint density at radius 1 is 0.597 bits per heavy atom. The Kier molecular flexibility index (Phi) is 14.9. The van der Waals surface area contributed by atoms with Gasteiger partial charge >= 0.3 is 0 Å². The maximum absolute atomic E-state index is 12.3. The highest BCUT2D eigenvalue weighted by Crippen LogP contribution is 2.35. The van der Waals surface area contributed by atoms with Crippen molar-refractivity contribution >= 4 is 112 Å². The number of fused-ring (bicyclic) bond motifs is 2. The largest absolute Gasteiger partial charge is 0.507 e. The summed E-state index contributed by atoms with van der Waals surface area (Å²) in [4.78, 5) is 10.4. The lowest BCUT2D eigenvalue weighted by molar-refractivity contribution is 0.102. The van der Waals surface area contributed by atoms with Crippen LogP contribution in [0.4, 0.5) is 22.7 Å². The number of anilines is 4. The number of alkyl halides is 1. The summed E-state index contributed by atoms with van der Waals surface area (Å²) in [5, 5.41) is 13.3. The number of hydrogen-bond acceptors (Lipinski definition) is 15. The molecule has 0 aliphatic heterocycles. The number of aromatic hydroxyl groups is 1.